The fourth-order valence-corrected chi connectivity index (χ4v) is 2.43. The predicted molar refractivity (Wildman–Crippen MR) is 97.7 cm³/mol. The van der Waals surface area contributed by atoms with Crippen molar-refractivity contribution < 1.29 is 9.52 Å². The molecule has 3 rings (SSSR count). The Morgan fingerprint density at radius 1 is 0.880 bits per heavy atom. The molecule has 0 atom stereocenters. The molecule has 0 bridgehead atoms. The molecule has 1 heterocycles. The largest absolute Gasteiger partial charge is 0.502 e. The Balaban J connectivity index is 1.73. The molecule has 0 spiro atoms. The third kappa shape index (κ3) is 4.19. The highest BCUT2D eigenvalue weighted by Crippen LogP contribution is 2.16. The van der Waals surface area contributed by atoms with Crippen LogP contribution in [0.2, 0.25) is 0 Å². The SMILES string of the molecule is CCc1ccc(C#Cc2ccc(Cc3occc(=O)c3O)cc2)cc1. The molecule has 2 aromatic carbocycles. The zero-order valence-electron chi connectivity index (χ0n) is 14.0. The Hall–Kier alpha value is -3.25. The van der Waals surface area contributed by atoms with Crippen LogP contribution in [0.3, 0.4) is 0 Å². The predicted octanol–water partition coefficient (Wildman–Crippen LogP) is 3.90. The number of rotatable bonds is 3. The number of aromatic hydroxyl groups is 1. The second-order valence-corrected chi connectivity index (χ2v) is 5.73. The van der Waals surface area contributed by atoms with E-state index in [4.69, 9.17) is 4.42 Å². The first-order valence-electron chi connectivity index (χ1n) is 8.15. The summed E-state index contributed by atoms with van der Waals surface area (Å²) in [6.07, 6.45) is 2.67. The van der Waals surface area contributed by atoms with Gasteiger partial charge in [0.1, 0.15) is 0 Å². The summed E-state index contributed by atoms with van der Waals surface area (Å²) in [7, 11) is 0. The first-order valence-corrected chi connectivity index (χ1v) is 8.15. The molecule has 0 aliphatic carbocycles. The van der Waals surface area contributed by atoms with Gasteiger partial charge in [-0.2, -0.15) is 0 Å². The minimum Gasteiger partial charge on any atom is -0.502 e. The lowest BCUT2D eigenvalue weighted by molar-refractivity contribution is 0.405. The summed E-state index contributed by atoms with van der Waals surface area (Å²) in [6, 6.07) is 17.1. The van der Waals surface area contributed by atoms with Gasteiger partial charge < -0.3 is 9.52 Å². The quantitative estimate of drug-likeness (QED) is 0.741. The molecule has 1 N–H and O–H groups in total. The molecule has 0 amide bonds. The Kier molecular flexibility index (Phi) is 5.01. The van der Waals surface area contributed by atoms with Gasteiger partial charge in [-0.05, 0) is 41.8 Å². The fourth-order valence-electron chi connectivity index (χ4n) is 2.43. The summed E-state index contributed by atoms with van der Waals surface area (Å²) in [6.45, 7) is 2.13. The van der Waals surface area contributed by atoms with E-state index in [1.807, 2.05) is 36.4 Å². The van der Waals surface area contributed by atoms with Crippen LogP contribution in [0.1, 0.15) is 34.9 Å². The van der Waals surface area contributed by atoms with Crippen LogP contribution in [-0.2, 0) is 12.8 Å². The van der Waals surface area contributed by atoms with Gasteiger partial charge in [0.2, 0.25) is 11.2 Å². The molecule has 0 saturated heterocycles. The van der Waals surface area contributed by atoms with Crippen LogP contribution < -0.4 is 5.43 Å². The van der Waals surface area contributed by atoms with Crippen LogP contribution in [0.5, 0.6) is 5.75 Å². The fraction of sp³-hybridized carbons (Fsp3) is 0.136. The standard InChI is InChI=1S/C22H18O3/c1-2-16-3-5-17(6-4-16)7-8-18-9-11-19(12-10-18)15-21-22(24)20(23)13-14-25-21/h3-6,9-14,24H,2,15H2,1H3. The Labute approximate surface area is 146 Å². The molecule has 0 radical (unpaired) electrons. The van der Waals surface area contributed by atoms with Crippen molar-refractivity contribution in [2.45, 2.75) is 19.8 Å². The Morgan fingerprint density at radius 2 is 1.44 bits per heavy atom. The molecule has 124 valence electrons. The van der Waals surface area contributed by atoms with E-state index in [1.165, 1.54) is 17.9 Å². The van der Waals surface area contributed by atoms with E-state index in [1.54, 1.807) is 0 Å². The summed E-state index contributed by atoms with van der Waals surface area (Å²) < 4.78 is 5.22. The zero-order chi connectivity index (χ0) is 17.6. The Morgan fingerprint density at radius 3 is 2.00 bits per heavy atom. The molecule has 3 nitrogen and oxygen atoms in total. The maximum Gasteiger partial charge on any atom is 0.226 e. The highest BCUT2D eigenvalue weighted by atomic mass is 16.4. The summed E-state index contributed by atoms with van der Waals surface area (Å²) in [5.74, 6) is 6.22. The minimum atomic E-state index is -0.433. The van der Waals surface area contributed by atoms with E-state index in [0.29, 0.717) is 6.42 Å². The van der Waals surface area contributed by atoms with Crippen LogP contribution in [0.25, 0.3) is 0 Å². The minimum absolute atomic E-state index is 0.266. The van der Waals surface area contributed by atoms with Crippen molar-refractivity contribution in [3.05, 3.63) is 99.1 Å². The van der Waals surface area contributed by atoms with Crippen molar-refractivity contribution in [3.63, 3.8) is 0 Å². The van der Waals surface area contributed by atoms with Crippen molar-refractivity contribution in [2.24, 2.45) is 0 Å². The lowest BCUT2D eigenvalue weighted by atomic mass is 10.1. The molecule has 25 heavy (non-hydrogen) atoms. The second-order valence-electron chi connectivity index (χ2n) is 5.73. The summed E-state index contributed by atoms with van der Waals surface area (Å²) in [5.41, 5.74) is 3.69. The molecule has 0 saturated carbocycles. The molecule has 0 fully saturated rings. The molecule has 3 heteroatoms. The van der Waals surface area contributed by atoms with Gasteiger partial charge in [-0.3, -0.25) is 4.79 Å². The van der Waals surface area contributed by atoms with Gasteiger partial charge in [0.25, 0.3) is 0 Å². The lowest BCUT2D eigenvalue weighted by Crippen LogP contribution is -2.01. The summed E-state index contributed by atoms with van der Waals surface area (Å²) >= 11 is 0. The molecular weight excluding hydrogens is 312 g/mol. The monoisotopic (exact) mass is 330 g/mol. The highest BCUT2D eigenvalue weighted by molar-refractivity contribution is 5.44. The first kappa shape index (κ1) is 16.6. The lowest BCUT2D eigenvalue weighted by Gasteiger charge is -2.03. The number of hydrogen-bond acceptors (Lipinski definition) is 3. The second kappa shape index (κ2) is 7.55. The average molecular weight is 330 g/mol. The van der Waals surface area contributed by atoms with Gasteiger partial charge >= 0.3 is 0 Å². The van der Waals surface area contributed by atoms with E-state index < -0.39 is 5.43 Å². The maximum absolute atomic E-state index is 11.4. The van der Waals surface area contributed by atoms with Gasteiger partial charge in [-0.25, -0.2) is 0 Å². The van der Waals surface area contributed by atoms with Crippen molar-refractivity contribution in [3.8, 4) is 17.6 Å². The molecule has 0 unspecified atom stereocenters. The zero-order valence-corrected chi connectivity index (χ0v) is 14.0. The van der Waals surface area contributed by atoms with E-state index in [2.05, 4.69) is 30.9 Å². The normalized spacial score (nSPS) is 10.1. The Bertz CT molecular complexity index is 969. The average Bonchev–Trinajstić information content (AvgIpc) is 2.65. The molecule has 0 aliphatic rings. The molecule has 0 aliphatic heterocycles. The van der Waals surface area contributed by atoms with Crippen LogP contribution >= 0.6 is 0 Å². The topological polar surface area (TPSA) is 50.4 Å². The van der Waals surface area contributed by atoms with Crippen molar-refractivity contribution >= 4 is 0 Å². The molecule has 1 aromatic heterocycles. The summed E-state index contributed by atoms with van der Waals surface area (Å²) in [5, 5.41) is 9.73. The van der Waals surface area contributed by atoms with E-state index in [-0.39, 0.29) is 11.5 Å². The van der Waals surface area contributed by atoms with Gasteiger partial charge in [0, 0.05) is 23.6 Å². The summed E-state index contributed by atoms with van der Waals surface area (Å²) in [4.78, 5) is 11.4. The first-order chi connectivity index (χ1) is 12.2. The van der Waals surface area contributed by atoms with Crippen molar-refractivity contribution in [1.82, 2.24) is 0 Å². The van der Waals surface area contributed by atoms with Gasteiger partial charge in [0.15, 0.2) is 5.76 Å². The molecule has 3 aromatic rings. The smallest absolute Gasteiger partial charge is 0.226 e. The van der Waals surface area contributed by atoms with E-state index in [9.17, 15) is 9.90 Å². The maximum atomic E-state index is 11.4. The molecular formula is C22H18O3. The van der Waals surface area contributed by atoms with Gasteiger partial charge in [-0.1, -0.05) is 43.0 Å². The van der Waals surface area contributed by atoms with Crippen LogP contribution in [0.4, 0.5) is 0 Å². The highest BCUT2D eigenvalue weighted by Gasteiger charge is 2.08. The van der Waals surface area contributed by atoms with Crippen LogP contribution in [0.15, 0.2) is 70.1 Å². The van der Waals surface area contributed by atoms with Crippen LogP contribution in [0, 0.1) is 11.8 Å². The van der Waals surface area contributed by atoms with Gasteiger partial charge in [0.05, 0.1) is 6.26 Å². The number of hydrogen-bond donors (Lipinski definition) is 1. The van der Waals surface area contributed by atoms with Crippen LogP contribution in [-0.4, -0.2) is 5.11 Å². The third-order valence-electron chi connectivity index (χ3n) is 3.96. The van der Waals surface area contributed by atoms with Crippen molar-refractivity contribution in [2.75, 3.05) is 0 Å². The number of benzene rings is 2. The van der Waals surface area contributed by atoms with Gasteiger partial charge in [-0.15, -0.1) is 0 Å². The number of aryl methyl sites for hydroxylation is 1. The van der Waals surface area contributed by atoms with E-state index in [0.717, 1.165) is 23.1 Å². The third-order valence-corrected chi connectivity index (χ3v) is 3.96. The van der Waals surface area contributed by atoms with E-state index >= 15 is 0 Å². The van der Waals surface area contributed by atoms with Crippen molar-refractivity contribution in [1.29, 1.82) is 0 Å².